The maximum absolute atomic E-state index is 11.1. The lowest BCUT2D eigenvalue weighted by Gasteiger charge is -2.33. The van der Waals surface area contributed by atoms with Crippen molar-refractivity contribution in [3.63, 3.8) is 0 Å². The van der Waals surface area contributed by atoms with Crippen molar-refractivity contribution >= 4 is 5.69 Å². The Morgan fingerprint density at radius 1 is 1.43 bits per heavy atom. The van der Waals surface area contributed by atoms with Crippen molar-refractivity contribution in [1.29, 1.82) is 0 Å². The number of para-hydroxylation sites is 1. The zero-order valence-electron chi connectivity index (χ0n) is 12.9. The molecule has 0 radical (unpaired) electrons. The van der Waals surface area contributed by atoms with E-state index in [2.05, 4.69) is 24.1 Å². The molecule has 5 nitrogen and oxygen atoms in total. The van der Waals surface area contributed by atoms with Crippen molar-refractivity contribution in [2.24, 2.45) is 5.92 Å². The Bertz CT molecular complexity index is 476. The normalized spacial score (nSPS) is 19.9. The lowest BCUT2D eigenvalue weighted by Crippen LogP contribution is -2.40. The summed E-state index contributed by atoms with van der Waals surface area (Å²) in [5.41, 5.74) is 1.06. The summed E-state index contributed by atoms with van der Waals surface area (Å²) in [6.07, 6.45) is 2.41. The lowest BCUT2D eigenvalue weighted by atomic mass is 9.97. The Hall–Kier alpha value is -1.46. The molecule has 0 spiro atoms. The Kier molecular flexibility index (Phi) is 5.70. The number of hydrogen-bond acceptors (Lipinski definition) is 4. The minimum atomic E-state index is -0.281. The minimum Gasteiger partial charge on any atom is -0.314 e. The fraction of sp³-hybridized carbons (Fsp3) is 0.625. The molecular weight excluding hydrogens is 266 g/mol. The van der Waals surface area contributed by atoms with Gasteiger partial charge in [-0.25, -0.2) is 0 Å². The van der Waals surface area contributed by atoms with Crippen molar-refractivity contribution in [3.05, 3.63) is 39.9 Å². The van der Waals surface area contributed by atoms with Crippen molar-refractivity contribution in [2.45, 2.75) is 39.3 Å². The Morgan fingerprint density at radius 3 is 2.90 bits per heavy atom. The second-order valence-corrected chi connectivity index (χ2v) is 6.19. The third-order valence-corrected chi connectivity index (χ3v) is 4.00. The SMILES string of the molecule is CC(C)NCC1CCCN(Cc2ccccc2[N+](=O)[O-])C1. The van der Waals surface area contributed by atoms with Gasteiger partial charge in [-0.1, -0.05) is 32.0 Å². The van der Waals surface area contributed by atoms with Crippen LogP contribution < -0.4 is 5.32 Å². The van der Waals surface area contributed by atoms with E-state index in [-0.39, 0.29) is 10.6 Å². The molecule has 1 atom stereocenters. The number of benzene rings is 1. The zero-order valence-corrected chi connectivity index (χ0v) is 12.9. The molecule has 1 N–H and O–H groups in total. The summed E-state index contributed by atoms with van der Waals surface area (Å²) in [5.74, 6) is 0.643. The molecule has 1 aliphatic heterocycles. The van der Waals surface area contributed by atoms with Crippen LogP contribution in [0.2, 0.25) is 0 Å². The number of nitro benzene ring substituents is 1. The molecule has 1 unspecified atom stereocenters. The van der Waals surface area contributed by atoms with Crippen LogP contribution in [-0.2, 0) is 6.54 Å². The molecule has 1 saturated heterocycles. The summed E-state index contributed by atoms with van der Waals surface area (Å²) < 4.78 is 0. The molecule has 0 amide bonds. The number of nitrogens with one attached hydrogen (secondary N) is 1. The number of piperidine rings is 1. The largest absolute Gasteiger partial charge is 0.314 e. The van der Waals surface area contributed by atoms with E-state index in [4.69, 9.17) is 0 Å². The van der Waals surface area contributed by atoms with Crippen LogP contribution >= 0.6 is 0 Å². The van der Waals surface area contributed by atoms with Gasteiger partial charge in [-0.05, 0) is 31.8 Å². The van der Waals surface area contributed by atoms with Gasteiger partial charge in [0.25, 0.3) is 5.69 Å². The van der Waals surface area contributed by atoms with Crippen LogP contribution in [0.5, 0.6) is 0 Å². The third-order valence-electron chi connectivity index (χ3n) is 4.00. The molecule has 21 heavy (non-hydrogen) atoms. The van der Waals surface area contributed by atoms with E-state index in [1.807, 2.05) is 12.1 Å². The molecule has 0 saturated carbocycles. The van der Waals surface area contributed by atoms with Crippen LogP contribution in [0.15, 0.2) is 24.3 Å². The van der Waals surface area contributed by atoms with Gasteiger partial charge in [0, 0.05) is 30.8 Å². The summed E-state index contributed by atoms with van der Waals surface area (Å²) >= 11 is 0. The molecule has 1 aromatic rings. The van der Waals surface area contributed by atoms with Crippen LogP contribution in [0.3, 0.4) is 0 Å². The standard InChI is InChI=1S/C16H25N3O2/c1-13(2)17-10-14-6-5-9-18(11-14)12-15-7-3-4-8-16(15)19(20)21/h3-4,7-8,13-14,17H,5-6,9-12H2,1-2H3. The highest BCUT2D eigenvalue weighted by Gasteiger charge is 2.22. The van der Waals surface area contributed by atoms with Crippen molar-refractivity contribution in [2.75, 3.05) is 19.6 Å². The van der Waals surface area contributed by atoms with Gasteiger partial charge in [-0.15, -0.1) is 0 Å². The fourth-order valence-corrected chi connectivity index (χ4v) is 2.93. The molecular formula is C16H25N3O2. The Labute approximate surface area is 126 Å². The van der Waals surface area contributed by atoms with Crippen LogP contribution in [0.25, 0.3) is 0 Å². The molecule has 1 aromatic carbocycles. The monoisotopic (exact) mass is 291 g/mol. The average molecular weight is 291 g/mol. The first-order chi connectivity index (χ1) is 10.1. The fourth-order valence-electron chi connectivity index (χ4n) is 2.93. The van der Waals surface area contributed by atoms with Gasteiger partial charge in [0.1, 0.15) is 0 Å². The van der Waals surface area contributed by atoms with Crippen LogP contribution in [0.4, 0.5) is 5.69 Å². The highest BCUT2D eigenvalue weighted by Crippen LogP contribution is 2.23. The second kappa shape index (κ2) is 7.52. The van der Waals surface area contributed by atoms with E-state index in [1.54, 1.807) is 12.1 Å². The lowest BCUT2D eigenvalue weighted by molar-refractivity contribution is -0.385. The number of likely N-dealkylation sites (tertiary alicyclic amines) is 1. The minimum absolute atomic E-state index is 0.236. The van der Waals surface area contributed by atoms with Crippen molar-refractivity contribution in [3.8, 4) is 0 Å². The Morgan fingerprint density at radius 2 is 2.19 bits per heavy atom. The molecule has 1 fully saturated rings. The van der Waals surface area contributed by atoms with E-state index >= 15 is 0 Å². The summed E-state index contributed by atoms with van der Waals surface area (Å²) in [4.78, 5) is 13.1. The van der Waals surface area contributed by atoms with E-state index < -0.39 is 0 Å². The maximum Gasteiger partial charge on any atom is 0.273 e. The quantitative estimate of drug-likeness (QED) is 0.647. The molecule has 0 aliphatic carbocycles. The van der Waals surface area contributed by atoms with E-state index in [9.17, 15) is 10.1 Å². The summed E-state index contributed by atoms with van der Waals surface area (Å²) in [7, 11) is 0. The topological polar surface area (TPSA) is 58.4 Å². The third kappa shape index (κ3) is 4.79. The first kappa shape index (κ1) is 15.9. The van der Waals surface area contributed by atoms with Gasteiger partial charge in [0.05, 0.1) is 4.92 Å². The number of hydrogen-bond donors (Lipinski definition) is 1. The van der Waals surface area contributed by atoms with Crippen LogP contribution in [0.1, 0.15) is 32.3 Å². The van der Waals surface area contributed by atoms with E-state index in [0.29, 0.717) is 18.5 Å². The first-order valence-electron chi connectivity index (χ1n) is 7.74. The first-order valence-corrected chi connectivity index (χ1v) is 7.74. The molecule has 1 aliphatic rings. The maximum atomic E-state index is 11.1. The predicted octanol–water partition coefficient (Wildman–Crippen LogP) is 2.80. The highest BCUT2D eigenvalue weighted by atomic mass is 16.6. The highest BCUT2D eigenvalue weighted by molar-refractivity contribution is 5.39. The van der Waals surface area contributed by atoms with Crippen LogP contribution in [-0.4, -0.2) is 35.5 Å². The molecule has 116 valence electrons. The van der Waals surface area contributed by atoms with Crippen molar-refractivity contribution < 1.29 is 4.92 Å². The van der Waals surface area contributed by atoms with Gasteiger partial charge in [-0.3, -0.25) is 15.0 Å². The molecule has 0 aromatic heterocycles. The molecule has 1 heterocycles. The smallest absolute Gasteiger partial charge is 0.273 e. The van der Waals surface area contributed by atoms with Crippen LogP contribution in [0, 0.1) is 16.0 Å². The van der Waals surface area contributed by atoms with Gasteiger partial charge in [0.2, 0.25) is 0 Å². The van der Waals surface area contributed by atoms with Gasteiger partial charge < -0.3 is 5.32 Å². The second-order valence-electron chi connectivity index (χ2n) is 6.19. The van der Waals surface area contributed by atoms with E-state index in [0.717, 1.165) is 25.2 Å². The summed E-state index contributed by atoms with van der Waals surface area (Å²) in [6.45, 7) is 8.08. The number of nitro groups is 1. The van der Waals surface area contributed by atoms with Gasteiger partial charge in [0.15, 0.2) is 0 Å². The van der Waals surface area contributed by atoms with Gasteiger partial charge in [-0.2, -0.15) is 0 Å². The average Bonchev–Trinajstić information content (AvgIpc) is 2.46. The zero-order chi connectivity index (χ0) is 15.2. The molecule has 5 heteroatoms. The summed E-state index contributed by atoms with van der Waals surface area (Å²) in [5, 5.41) is 14.6. The number of rotatable bonds is 6. The van der Waals surface area contributed by atoms with Gasteiger partial charge >= 0.3 is 0 Å². The molecule has 2 rings (SSSR count). The number of nitrogens with zero attached hydrogens (tertiary/aromatic N) is 2. The predicted molar refractivity (Wildman–Crippen MR) is 84.2 cm³/mol. The molecule has 0 bridgehead atoms. The Balaban J connectivity index is 1.95. The van der Waals surface area contributed by atoms with E-state index in [1.165, 1.54) is 12.8 Å². The van der Waals surface area contributed by atoms with Crippen molar-refractivity contribution in [1.82, 2.24) is 10.2 Å². The summed E-state index contributed by atoms with van der Waals surface area (Å²) in [6, 6.07) is 7.58.